The molecular formula is C10H20ClNO3S. The summed E-state index contributed by atoms with van der Waals surface area (Å²) in [6.45, 7) is 5.26. The summed E-state index contributed by atoms with van der Waals surface area (Å²) in [4.78, 5) is 0. The second-order valence-electron chi connectivity index (χ2n) is 4.09. The minimum atomic E-state index is -3.24. The third-order valence-corrected chi connectivity index (χ3v) is 5.71. The molecule has 0 saturated carbocycles. The van der Waals surface area contributed by atoms with E-state index in [1.54, 1.807) is 6.92 Å². The van der Waals surface area contributed by atoms with Crippen molar-refractivity contribution in [2.75, 3.05) is 25.6 Å². The lowest BCUT2D eigenvalue weighted by Crippen LogP contribution is -2.46. The van der Waals surface area contributed by atoms with Crippen molar-refractivity contribution in [3.8, 4) is 0 Å². The van der Waals surface area contributed by atoms with E-state index in [0.717, 1.165) is 12.8 Å². The number of piperidine rings is 1. The second-order valence-corrected chi connectivity index (χ2v) is 6.75. The van der Waals surface area contributed by atoms with E-state index in [1.165, 1.54) is 4.31 Å². The Balaban J connectivity index is 2.66. The predicted octanol–water partition coefficient (Wildman–Crippen LogP) is 1.44. The minimum Gasteiger partial charge on any atom is -0.377 e. The lowest BCUT2D eigenvalue weighted by Gasteiger charge is -2.33. The number of hydrogen-bond acceptors (Lipinski definition) is 3. The first-order valence-corrected chi connectivity index (χ1v) is 7.72. The van der Waals surface area contributed by atoms with E-state index in [-0.39, 0.29) is 12.0 Å². The maximum absolute atomic E-state index is 12.1. The Morgan fingerprint density at radius 1 is 1.56 bits per heavy atom. The van der Waals surface area contributed by atoms with Gasteiger partial charge in [-0.3, -0.25) is 0 Å². The largest absolute Gasteiger partial charge is 0.377 e. The lowest BCUT2D eigenvalue weighted by molar-refractivity contribution is 0.0263. The number of nitrogens with zero attached hydrogens (tertiary/aromatic N) is 1. The van der Waals surface area contributed by atoms with Crippen molar-refractivity contribution < 1.29 is 13.2 Å². The van der Waals surface area contributed by atoms with Crippen molar-refractivity contribution in [1.29, 1.82) is 0 Å². The van der Waals surface area contributed by atoms with E-state index in [0.29, 0.717) is 19.7 Å². The van der Waals surface area contributed by atoms with Crippen LogP contribution in [0.5, 0.6) is 0 Å². The van der Waals surface area contributed by atoms with Gasteiger partial charge in [-0.1, -0.05) is 0 Å². The highest BCUT2D eigenvalue weighted by Crippen LogP contribution is 2.19. The molecule has 1 fully saturated rings. The van der Waals surface area contributed by atoms with Crippen LogP contribution in [0.15, 0.2) is 0 Å². The van der Waals surface area contributed by atoms with Crippen LogP contribution < -0.4 is 0 Å². The Bertz CT molecular complexity index is 305. The molecule has 1 aliphatic heterocycles. The molecule has 1 aliphatic rings. The summed E-state index contributed by atoms with van der Waals surface area (Å²) in [7, 11) is -3.24. The summed E-state index contributed by atoms with van der Waals surface area (Å²) in [5, 5.41) is -0.519. The topological polar surface area (TPSA) is 46.6 Å². The van der Waals surface area contributed by atoms with Crippen LogP contribution in [0.1, 0.15) is 26.7 Å². The van der Waals surface area contributed by atoms with Gasteiger partial charge in [0.1, 0.15) is 0 Å². The first-order chi connectivity index (χ1) is 7.52. The SMILES string of the molecule is CCOC1CCCN(S(=O)(=O)C(C)CCl)C1. The molecule has 1 saturated heterocycles. The van der Waals surface area contributed by atoms with E-state index in [1.807, 2.05) is 6.92 Å². The normalized spacial score (nSPS) is 25.6. The standard InChI is InChI=1S/C10H20ClNO3S/c1-3-15-10-5-4-6-12(8-10)16(13,14)9(2)7-11/h9-10H,3-8H2,1-2H3. The molecule has 0 bridgehead atoms. The van der Waals surface area contributed by atoms with Crippen LogP contribution in [-0.2, 0) is 14.8 Å². The Morgan fingerprint density at radius 3 is 2.81 bits per heavy atom. The van der Waals surface area contributed by atoms with Crippen LogP contribution in [0.25, 0.3) is 0 Å². The molecule has 0 N–H and O–H groups in total. The maximum atomic E-state index is 12.1. The highest BCUT2D eigenvalue weighted by atomic mass is 35.5. The van der Waals surface area contributed by atoms with E-state index in [9.17, 15) is 8.42 Å². The molecule has 2 atom stereocenters. The van der Waals surface area contributed by atoms with Crippen LogP contribution in [-0.4, -0.2) is 49.7 Å². The predicted molar refractivity (Wildman–Crippen MR) is 65.3 cm³/mol. The van der Waals surface area contributed by atoms with Gasteiger partial charge in [-0.05, 0) is 26.7 Å². The third-order valence-electron chi connectivity index (χ3n) is 2.83. The molecule has 0 radical (unpaired) electrons. The molecule has 6 heteroatoms. The zero-order chi connectivity index (χ0) is 12.2. The quantitative estimate of drug-likeness (QED) is 0.710. The summed E-state index contributed by atoms with van der Waals surface area (Å²) in [6.07, 6.45) is 1.84. The molecular weight excluding hydrogens is 250 g/mol. The lowest BCUT2D eigenvalue weighted by atomic mass is 10.1. The van der Waals surface area contributed by atoms with Crippen molar-refractivity contribution >= 4 is 21.6 Å². The number of ether oxygens (including phenoxy) is 1. The molecule has 16 heavy (non-hydrogen) atoms. The van der Waals surface area contributed by atoms with Crippen molar-refractivity contribution in [1.82, 2.24) is 4.31 Å². The Labute approximate surface area is 103 Å². The molecule has 4 nitrogen and oxygen atoms in total. The fourth-order valence-corrected chi connectivity index (χ4v) is 3.75. The third kappa shape index (κ3) is 3.32. The fourth-order valence-electron chi connectivity index (χ4n) is 1.84. The molecule has 1 rings (SSSR count). The number of alkyl halides is 1. The van der Waals surface area contributed by atoms with Gasteiger partial charge in [0.25, 0.3) is 0 Å². The van der Waals surface area contributed by atoms with Gasteiger partial charge in [-0.15, -0.1) is 11.6 Å². The summed E-state index contributed by atoms with van der Waals surface area (Å²) in [6, 6.07) is 0. The van der Waals surface area contributed by atoms with E-state index >= 15 is 0 Å². The molecule has 0 aromatic heterocycles. The highest BCUT2D eigenvalue weighted by Gasteiger charge is 2.32. The summed E-state index contributed by atoms with van der Waals surface area (Å²) >= 11 is 5.62. The molecule has 0 spiro atoms. The first kappa shape index (κ1) is 14.2. The van der Waals surface area contributed by atoms with Gasteiger partial charge in [0.15, 0.2) is 0 Å². The highest BCUT2D eigenvalue weighted by molar-refractivity contribution is 7.89. The fraction of sp³-hybridized carbons (Fsp3) is 1.00. The van der Waals surface area contributed by atoms with Gasteiger partial charge >= 0.3 is 0 Å². The summed E-state index contributed by atoms with van der Waals surface area (Å²) < 4.78 is 31.1. The molecule has 0 aliphatic carbocycles. The van der Waals surface area contributed by atoms with E-state index in [4.69, 9.17) is 16.3 Å². The molecule has 1 heterocycles. The van der Waals surface area contributed by atoms with Gasteiger partial charge in [-0.2, -0.15) is 4.31 Å². The van der Waals surface area contributed by atoms with Gasteiger partial charge < -0.3 is 4.74 Å². The second kappa shape index (κ2) is 6.19. The first-order valence-electron chi connectivity index (χ1n) is 5.68. The molecule has 0 amide bonds. The summed E-state index contributed by atoms with van der Waals surface area (Å²) in [5.41, 5.74) is 0. The van der Waals surface area contributed by atoms with Crippen LogP contribution in [0.3, 0.4) is 0 Å². The average molecular weight is 270 g/mol. The molecule has 2 unspecified atom stereocenters. The van der Waals surface area contributed by atoms with Crippen molar-refractivity contribution in [3.63, 3.8) is 0 Å². The maximum Gasteiger partial charge on any atom is 0.217 e. The molecule has 0 aromatic carbocycles. The summed E-state index contributed by atoms with van der Waals surface area (Å²) in [5.74, 6) is 0.137. The van der Waals surface area contributed by atoms with Crippen LogP contribution in [0, 0.1) is 0 Å². The van der Waals surface area contributed by atoms with Crippen molar-refractivity contribution in [2.45, 2.75) is 38.0 Å². The van der Waals surface area contributed by atoms with Crippen molar-refractivity contribution in [3.05, 3.63) is 0 Å². The smallest absolute Gasteiger partial charge is 0.217 e. The number of hydrogen-bond donors (Lipinski definition) is 0. The zero-order valence-electron chi connectivity index (χ0n) is 9.86. The Morgan fingerprint density at radius 2 is 2.25 bits per heavy atom. The van der Waals surface area contributed by atoms with Gasteiger partial charge in [0, 0.05) is 25.6 Å². The Kier molecular flexibility index (Phi) is 5.50. The van der Waals surface area contributed by atoms with Gasteiger partial charge in [0.2, 0.25) is 10.0 Å². The van der Waals surface area contributed by atoms with E-state index < -0.39 is 15.3 Å². The van der Waals surface area contributed by atoms with Crippen LogP contribution in [0.2, 0.25) is 0 Å². The average Bonchev–Trinajstić information content (AvgIpc) is 2.28. The van der Waals surface area contributed by atoms with Gasteiger partial charge in [0.05, 0.1) is 11.4 Å². The Hall–Kier alpha value is 0.160. The minimum absolute atomic E-state index is 0.0380. The zero-order valence-corrected chi connectivity index (χ0v) is 11.4. The molecule has 0 aromatic rings. The monoisotopic (exact) mass is 269 g/mol. The van der Waals surface area contributed by atoms with Crippen molar-refractivity contribution in [2.24, 2.45) is 0 Å². The van der Waals surface area contributed by atoms with Crippen LogP contribution in [0.4, 0.5) is 0 Å². The number of rotatable bonds is 5. The van der Waals surface area contributed by atoms with Crippen LogP contribution >= 0.6 is 11.6 Å². The number of halogens is 1. The number of sulfonamides is 1. The van der Waals surface area contributed by atoms with Gasteiger partial charge in [-0.25, -0.2) is 8.42 Å². The molecule has 96 valence electrons. The van der Waals surface area contributed by atoms with E-state index in [2.05, 4.69) is 0 Å².